The van der Waals surface area contributed by atoms with Crippen LogP contribution in [0.2, 0.25) is 0 Å². The third-order valence-electron chi connectivity index (χ3n) is 2.88. The van der Waals surface area contributed by atoms with E-state index in [0.29, 0.717) is 5.82 Å². The molecule has 0 saturated heterocycles. The van der Waals surface area contributed by atoms with E-state index in [1.165, 1.54) is 12.1 Å². The summed E-state index contributed by atoms with van der Waals surface area (Å²) < 4.78 is 12.6. The monoisotopic (exact) mass is 295 g/mol. The van der Waals surface area contributed by atoms with Crippen molar-refractivity contribution in [2.45, 2.75) is 25.3 Å². The number of aromatic nitrogens is 1. The van der Waals surface area contributed by atoms with Gasteiger partial charge in [0.1, 0.15) is 11.6 Å². The van der Waals surface area contributed by atoms with Gasteiger partial charge in [0.15, 0.2) is 0 Å². The molecule has 2 rings (SSSR count). The van der Waals surface area contributed by atoms with Crippen molar-refractivity contribution in [3.63, 3.8) is 0 Å². The Hall–Kier alpha value is -0.910. The third-order valence-corrected chi connectivity index (χ3v) is 2.88. The lowest BCUT2D eigenvalue weighted by Crippen LogP contribution is -2.34. The number of hydrogen-bond donors (Lipinski definition) is 2. The van der Waals surface area contributed by atoms with Crippen LogP contribution < -0.4 is 11.1 Å². The van der Waals surface area contributed by atoms with E-state index < -0.39 is 5.82 Å². The second kappa shape index (κ2) is 7.51. The van der Waals surface area contributed by atoms with Gasteiger partial charge in [0, 0.05) is 6.04 Å². The number of carbonyl (C=O) groups is 1. The third kappa shape index (κ3) is 4.08. The number of halogens is 3. The van der Waals surface area contributed by atoms with Crippen molar-refractivity contribution in [2.24, 2.45) is 11.7 Å². The van der Waals surface area contributed by atoms with Gasteiger partial charge >= 0.3 is 0 Å². The minimum Gasteiger partial charge on any atom is -0.327 e. The molecule has 0 radical (unpaired) electrons. The van der Waals surface area contributed by atoms with E-state index in [1.807, 2.05) is 0 Å². The van der Waals surface area contributed by atoms with Crippen LogP contribution in [0.1, 0.15) is 19.3 Å². The van der Waals surface area contributed by atoms with Gasteiger partial charge in [-0.15, -0.1) is 24.8 Å². The quantitative estimate of drug-likeness (QED) is 0.878. The molecule has 1 heterocycles. The fraction of sp³-hybridized carbons (Fsp3) is 0.455. The molecule has 0 spiro atoms. The Bertz CT molecular complexity index is 388. The first-order valence-electron chi connectivity index (χ1n) is 5.35. The van der Waals surface area contributed by atoms with E-state index in [-0.39, 0.29) is 42.7 Å². The summed E-state index contributed by atoms with van der Waals surface area (Å²) in [5, 5.41) is 2.64. The summed E-state index contributed by atoms with van der Waals surface area (Å²) in [7, 11) is 0. The minimum absolute atomic E-state index is 0. The second-order valence-corrected chi connectivity index (χ2v) is 4.05. The number of nitrogens with one attached hydrogen (secondary N) is 1. The standard InChI is InChI=1S/C11H14FN3O.2ClH/c12-7-4-5-10(14-6-7)15-11(16)8-2-1-3-9(8)13;;/h4-6,8-9H,1-3,13H2,(H,14,15,16);2*1H. The Balaban J connectivity index is 0.00000144. The van der Waals surface area contributed by atoms with Crippen molar-refractivity contribution in [1.82, 2.24) is 4.98 Å². The first-order valence-corrected chi connectivity index (χ1v) is 5.35. The van der Waals surface area contributed by atoms with Crippen LogP contribution >= 0.6 is 24.8 Å². The van der Waals surface area contributed by atoms with Gasteiger partial charge in [-0.05, 0) is 25.0 Å². The molecule has 18 heavy (non-hydrogen) atoms. The smallest absolute Gasteiger partial charge is 0.230 e. The molecule has 0 aliphatic heterocycles. The van der Waals surface area contributed by atoms with Crippen LogP contribution in [-0.4, -0.2) is 16.9 Å². The summed E-state index contributed by atoms with van der Waals surface area (Å²) in [5.41, 5.74) is 5.82. The molecule has 4 nitrogen and oxygen atoms in total. The first-order chi connectivity index (χ1) is 7.66. The van der Waals surface area contributed by atoms with Gasteiger partial charge < -0.3 is 11.1 Å². The number of anilines is 1. The number of pyridine rings is 1. The molecule has 7 heteroatoms. The Kier molecular flexibility index (Phi) is 7.13. The zero-order valence-electron chi connectivity index (χ0n) is 9.64. The highest BCUT2D eigenvalue weighted by molar-refractivity contribution is 5.92. The normalized spacial score (nSPS) is 21.7. The highest BCUT2D eigenvalue weighted by atomic mass is 35.5. The topological polar surface area (TPSA) is 68.0 Å². The van der Waals surface area contributed by atoms with Crippen LogP contribution in [0.5, 0.6) is 0 Å². The fourth-order valence-corrected chi connectivity index (χ4v) is 1.98. The fourth-order valence-electron chi connectivity index (χ4n) is 1.98. The van der Waals surface area contributed by atoms with E-state index in [4.69, 9.17) is 5.73 Å². The zero-order valence-corrected chi connectivity index (χ0v) is 11.3. The van der Waals surface area contributed by atoms with Gasteiger partial charge in [-0.25, -0.2) is 9.37 Å². The van der Waals surface area contributed by atoms with E-state index in [9.17, 15) is 9.18 Å². The largest absolute Gasteiger partial charge is 0.327 e. The van der Waals surface area contributed by atoms with Crippen molar-refractivity contribution in [3.8, 4) is 0 Å². The van der Waals surface area contributed by atoms with Gasteiger partial charge in [0.25, 0.3) is 0 Å². The molecule has 1 saturated carbocycles. The van der Waals surface area contributed by atoms with Crippen molar-refractivity contribution >= 4 is 36.5 Å². The molecule has 2 unspecified atom stereocenters. The Morgan fingerprint density at radius 2 is 2.11 bits per heavy atom. The molecule has 2 atom stereocenters. The van der Waals surface area contributed by atoms with Gasteiger partial charge in [-0.3, -0.25) is 4.79 Å². The second-order valence-electron chi connectivity index (χ2n) is 4.05. The predicted molar refractivity (Wildman–Crippen MR) is 72.6 cm³/mol. The maximum Gasteiger partial charge on any atom is 0.230 e. The summed E-state index contributed by atoms with van der Waals surface area (Å²) in [4.78, 5) is 15.6. The minimum atomic E-state index is -0.421. The van der Waals surface area contributed by atoms with Crippen molar-refractivity contribution in [2.75, 3.05) is 5.32 Å². The average molecular weight is 296 g/mol. The molecule has 1 aliphatic carbocycles. The maximum atomic E-state index is 12.6. The van der Waals surface area contributed by atoms with E-state index in [1.54, 1.807) is 0 Å². The Morgan fingerprint density at radius 1 is 1.39 bits per heavy atom. The van der Waals surface area contributed by atoms with Crippen LogP contribution in [0.15, 0.2) is 18.3 Å². The van der Waals surface area contributed by atoms with Crippen LogP contribution in [0, 0.1) is 11.7 Å². The predicted octanol–water partition coefficient (Wildman–Crippen LogP) is 2.13. The van der Waals surface area contributed by atoms with E-state index >= 15 is 0 Å². The summed E-state index contributed by atoms with van der Waals surface area (Å²) >= 11 is 0. The van der Waals surface area contributed by atoms with E-state index in [0.717, 1.165) is 25.5 Å². The zero-order chi connectivity index (χ0) is 11.5. The van der Waals surface area contributed by atoms with Crippen LogP contribution in [0.3, 0.4) is 0 Å². The summed E-state index contributed by atoms with van der Waals surface area (Å²) in [6.07, 6.45) is 3.75. The number of carbonyl (C=O) groups excluding carboxylic acids is 1. The van der Waals surface area contributed by atoms with Gasteiger partial charge in [-0.2, -0.15) is 0 Å². The lowest BCUT2D eigenvalue weighted by molar-refractivity contribution is -0.120. The van der Waals surface area contributed by atoms with Gasteiger partial charge in [0.05, 0.1) is 12.1 Å². The van der Waals surface area contributed by atoms with E-state index in [2.05, 4.69) is 10.3 Å². The molecule has 3 N–H and O–H groups in total. The lowest BCUT2D eigenvalue weighted by Gasteiger charge is -2.14. The van der Waals surface area contributed by atoms with Crippen molar-refractivity contribution < 1.29 is 9.18 Å². The molecule has 0 bridgehead atoms. The van der Waals surface area contributed by atoms with Crippen LogP contribution in [-0.2, 0) is 4.79 Å². The maximum absolute atomic E-state index is 12.6. The lowest BCUT2D eigenvalue weighted by atomic mass is 10.0. The molecular formula is C11H16Cl2FN3O. The van der Waals surface area contributed by atoms with Crippen LogP contribution in [0.25, 0.3) is 0 Å². The first kappa shape index (κ1) is 17.1. The number of nitrogens with zero attached hydrogens (tertiary/aromatic N) is 1. The number of rotatable bonds is 2. The highest BCUT2D eigenvalue weighted by Crippen LogP contribution is 2.24. The molecule has 1 aliphatic rings. The van der Waals surface area contributed by atoms with Gasteiger partial charge in [-0.1, -0.05) is 6.42 Å². The molecule has 0 aromatic carbocycles. The van der Waals surface area contributed by atoms with Crippen molar-refractivity contribution in [1.29, 1.82) is 0 Å². The number of amides is 1. The van der Waals surface area contributed by atoms with Crippen LogP contribution in [0.4, 0.5) is 10.2 Å². The summed E-state index contributed by atoms with van der Waals surface area (Å²) in [5.74, 6) is -0.322. The number of hydrogen-bond acceptors (Lipinski definition) is 3. The number of nitrogens with two attached hydrogens (primary N) is 1. The molecule has 1 amide bonds. The molecule has 1 aromatic rings. The highest BCUT2D eigenvalue weighted by Gasteiger charge is 2.30. The van der Waals surface area contributed by atoms with Gasteiger partial charge in [0.2, 0.25) is 5.91 Å². The Morgan fingerprint density at radius 3 is 2.61 bits per heavy atom. The van der Waals surface area contributed by atoms with Crippen molar-refractivity contribution in [3.05, 3.63) is 24.1 Å². The molecule has 1 aromatic heterocycles. The molecule has 102 valence electrons. The Labute approximate surface area is 117 Å². The molecule has 1 fully saturated rings. The molecular weight excluding hydrogens is 280 g/mol. The summed E-state index contributed by atoms with van der Waals surface area (Å²) in [6.45, 7) is 0. The summed E-state index contributed by atoms with van der Waals surface area (Å²) in [6, 6.07) is 2.63. The SMILES string of the molecule is Cl.Cl.NC1CCCC1C(=O)Nc1ccc(F)cn1. The average Bonchev–Trinajstić information content (AvgIpc) is 2.68.